The molecule has 3 N–H and O–H groups in total. The number of nitrogens with one attached hydrogen (secondary N) is 1. The van der Waals surface area contributed by atoms with Gasteiger partial charge in [-0.3, -0.25) is 4.79 Å². The van der Waals surface area contributed by atoms with Gasteiger partial charge in [0.1, 0.15) is 11.5 Å². The maximum atomic E-state index is 12.1. The number of nitrogens with zero attached hydrogens (tertiary/aromatic N) is 6. The second-order valence-corrected chi connectivity index (χ2v) is 4.56. The van der Waals surface area contributed by atoms with Crippen molar-refractivity contribution in [1.29, 1.82) is 0 Å². The molecule has 0 spiro atoms. The molecule has 0 aliphatic heterocycles. The second kappa shape index (κ2) is 5.71. The van der Waals surface area contributed by atoms with E-state index in [-0.39, 0.29) is 17.3 Å². The lowest BCUT2D eigenvalue weighted by Gasteiger charge is -1.98. The number of amides is 1. The Labute approximate surface area is 129 Å². The van der Waals surface area contributed by atoms with Gasteiger partial charge in [0.2, 0.25) is 11.6 Å². The molecule has 0 atom stereocenters. The Kier molecular flexibility index (Phi) is 3.58. The van der Waals surface area contributed by atoms with Crippen molar-refractivity contribution in [3.05, 3.63) is 35.0 Å². The first-order valence-electron chi connectivity index (χ1n) is 6.47. The summed E-state index contributed by atoms with van der Waals surface area (Å²) in [5, 5.41) is 18.4. The molecule has 3 aromatic rings. The van der Waals surface area contributed by atoms with Crippen LogP contribution >= 0.6 is 0 Å². The van der Waals surface area contributed by atoms with Crippen LogP contribution in [0.5, 0.6) is 0 Å². The highest BCUT2D eigenvalue weighted by molar-refractivity contribution is 5.93. The molecule has 0 aliphatic carbocycles. The van der Waals surface area contributed by atoms with Crippen molar-refractivity contribution in [3.63, 3.8) is 0 Å². The SMILES string of the molecule is Cc1ccc(/C=N/NC(=O)c2nnn(-c3nonc3N)c2C)o1. The van der Waals surface area contributed by atoms with Gasteiger partial charge >= 0.3 is 0 Å². The van der Waals surface area contributed by atoms with Gasteiger partial charge in [0.25, 0.3) is 5.91 Å². The molecular formula is C12H12N8O3. The molecule has 0 aliphatic rings. The fraction of sp³-hybridized carbons (Fsp3) is 0.167. The minimum atomic E-state index is -0.539. The van der Waals surface area contributed by atoms with Crippen LogP contribution in [-0.2, 0) is 0 Å². The first kappa shape index (κ1) is 14.4. The summed E-state index contributed by atoms with van der Waals surface area (Å²) in [6.07, 6.45) is 1.38. The number of furan rings is 1. The van der Waals surface area contributed by atoms with Gasteiger partial charge in [-0.1, -0.05) is 5.21 Å². The molecule has 3 heterocycles. The Bertz CT molecular complexity index is 875. The van der Waals surface area contributed by atoms with E-state index in [0.717, 1.165) is 5.76 Å². The largest absolute Gasteiger partial charge is 0.460 e. The van der Waals surface area contributed by atoms with E-state index in [1.165, 1.54) is 10.9 Å². The van der Waals surface area contributed by atoms with Crippen LogP contribution in [-0.4, -0.2) is 37.4 Å². The number of aryl methyl sites for hydroxylation is 1. The van der Waals surface area contributed by atoms with E-state index < -0.39 is 5.91 Å². The molecule has 11 heteroatoms. The summed E-state index contributed by atoms with van der Waals surface area (Å²) in [6.45, 7) is 3.44. The monoisotopic (exact) mass is 316 g/mol. The standard InChI is InChI=1S/C12H12N8O3/c1-6-3-4-8(22-6)5-14-16-12(21)9-7(2)20(19-15-9)11-10(13)17-23-18-11/h3-5H,1-2H3,(H2,13,17)(H,16,21)/b14-5+. The first-order chi connectivity index (χ1) is 11.1. The summed E-state index contributed by atoms with van der Waals surface area (Å²) in [5.74, 6) is 0.920. The van der Waals surface area contributed by atoms with Crippen molar-refractivity contribution in [1.82, 2.24) is 30.7 Å². The van der Waals surface area contributed by atoms with Crippen LogP contribution in [0.15, 0.2) is 26.3 Å². The molecule has 0 aromatic carbocycles. The zero-order valence-electron chi connectivity index (χ0n) is 12.2. The van der Waals surface area contributed by atoms with E-state index in [9.17, 15) is 4.79 Å². The third-order valence-corrected chi connectivity index (χ3v) is 2.92. The summed E-state index contributed by atoms with van der Waals surface area (Å²) in [6, 6.07) is 3.52. The van der Waals surface area contributed by atoms with Crippen molar-refractivity contribution in [2.75, 3.05) is 5.73 Å². The van der Waals surface area contributed by atoms with Crippen LogP contribution in [0, 0.1) is 13.8 Å². The predicted octanol–water partition coefficient (Wildman–Crippen LogP) is 0.206. The van der Waals surface area contributed by atoms with Crippen LogP contribution in [0.2, 0.25) is 0 Å². The van der Waals surface area contributed by atoms with Gasteiger partial charge in [-0.2, -0.15) is 9.78 Å². The van der Waals surface area contributed by atoms with Gasteiger partial charge in [-0.15, -0.1) is 5.10 Å². The van der Waals surface area contributed by atoms with Crippen molar-refractivity contribution in [3.8, 4) is 5.82 Å². The summed E-state index contributed by atoms with van der Waals surface area (Å²) >= 11 is 0. The number of hydrazone groups is 1. The van der Waals surface area contributed by atoms with E-state index in [4.69, 9.17) is 10.2 Å². The number of carbonyl (C=O) groups is 1. The van der Waals surface area contributed by atoms with Crippen LogP contribution in [0.4, 0.5) is 5.82 Å². The number of nitrogen functional groups attached to an aromatic ring is 1. The fourth-order valence-corrected chi connectivity index (χ4v) is 1.81. The normalized spacial score (nSPS) is 11.2. The number of hydrogen-bond acceptors (Lipinski definition) is 9. The number of hydrogen-bond donors (Lipinski definition) is 2. The predicted molar refractivity (Wildman–Crippen MR) is 76.9 cm³/mol. The minimum Gasteiger partial charge on any atom is -0.460 e. The molecule has 11 nitrogen and oxygen atoms in total. The highest BCUT2D eigenvalue weighted by Gasteiger charge is 2.20. The van der Waals surface area contributed by atoms with Crippen LogP contribution in [0.1, 0.15) is 27.7 Å². The number of rotatable bonds is 4. The van der Waals surface area contributed by atoms with Crippen molar-refractivity contribution < 1.29 is 13.8 Å². The molecule has 23 heavy (non-hydrogen) atoms. The van der Waals surface area contributed by atoms with Gasteiger partial charge in [-0.05, 0) is 36.3 Å². The minimum absolute atomic E-state index is 0.0381. The van der Waals surface area contributed by atoms with E-state index in [1.54, 1.807) is 19.1 Å². The lowest BCUT2D eigenvalue weighted by molar-refractivity contribution is 0.0949. The molecule has 0 fully saturated rings. The Morgan fingerprint density at radius 3 is 2.87 bits per heavy atom. The summed E-state index contributed by atoms with van der Waals surface area (Å²) in [7, 11) is 0. The number of carbonyl (C=O) groups excluding carboxylic acids is 1. The smallest absolute Gasteiger partial charge is 0.293 e. The van der Waals surface area contributed by atoms with E-state index in [2.05, 4.69) is 35.8 Å². The third kappa shape index (κ3) is 2.79. The van der Waals surface area contributed by atoms with E-state index in [0.29, 0.717) is 11.5 Å². The molecule has 0 unspecified atom stereocenters. The van der Waals surface area contributed by atoms with Gasteiger partial charge in [-0.25, -0.2) is 10.1 Å². The number of anilines is 1. The maximum absolute atomic E-state index is 12.1. The summed E-state index contributed by atoms with van der Waals surface area (Å²) in [5.41, 5.74) is 8.40. The summed E-state index contributed by atoms with van der Waals surface area (Å²) in [4.78, 5) is 12.1. The van der Waals surface area contributed by atoms with Gasteiger partial charge in [0.15, 0.2) is 5.69 Å². The Morgan fingerprint density at radius 2 is 2.22 bits per heavy atom. The molecule has 1 amide bonds. The molecular weight excluding hydrogens is 304 g/mol. The van der Waals surface area contributed by atoms with Crippen molar-refractivity contribution >= 4 is 17.9 Å². The lowest BCUT2D eigenvalue weighted by atomic mass is 10.3. The van der Waals surface area contributed by atoms with E-state index in [1.807, 2.05) is 6.92 Å². The highest BCUT2D eigenvalue weighted by Crippen LogP contribution is 2.14. The van der Waals surface area contributed by atoms with Crippen LogP contribution in [0.25, 0.3) is 5.82 Å². The third-order valence-electron chi connectivity index (χ3n) is 2.92. The molecule has 0 bridgehead atoms. The zero-order valence-corrected chi connectivity index (χ0v) is 12.2. The second-order valence-electron chi connectivity index (χ2n) is 4.56. The summed E-state index contributed by atoms with van der Waals surface area (Å²) < 4.78 is 11.0. The Hall–Kier alpha value is -3.50. The Morgan fingerprint density at radius 1 is 1.39 bits per heavy atom. The average Bonchev–Trinajstić information content (AvgIpc) is 3.20. The molecule has 118 valence electrons. The number of nitrogens with two attached hydrogens (primary N) is 1. The quantitative estimate of drug-likeness (QED) is 0.512. The topological polar surface area (TPSA) is 150 Å². The molecule has 0 saturated heterocycles. The zero-order chi connectivity index (χ0) is 16.4. The molecule has 3 aromatic heterocycles. The molecule has 3 rings (SSSR count). The van der Waals surface area contributed by atoms with E-state index >= 15 is 0 Å². The van der Waals surface area contributed by atoms with Crippen molar-refractivity contribution in [2.45, 2.75) is 13.8 Å². The lowest BCUT2D eigenvalue weighted by Crippen LogP contribution is -2.19. The van der Waals surface area contributed by atoms with Crippen LogP contribution < -0.4 is 11.2 Å². The average molecular weight is 316 g/mol. The molecule has 0 saturated carbocycles. The highest BCUT2D eigenvalue weighted by atomic mass is 16.6. The number of aromatic nitrogens is 5. The van der Waals surface area contributed by atoms with Gasteiger partial charge in [0, 0.05) is 0 Å². The Balaban J connectivity index is 1.74. The van der Waals surface area contributed by atoms with Crippen molar-refractivity contribution in [2.24, 2.45) is 5.10 Å². The van der Waals surface area contributed by atoms with Crippen LogP contribution in [0.3, 0.4) is 0 Å². The maximum Gasteiger partial charge on any atom is 0.293 e. The first-order valence-corrected chi connectivity index (χ1v) is 6.47. The van der Waals surface area contributed by atoms with Gasteiger partial charge in [0.05, 0.1) is 11.9 Å². The van der Waals surface area contributed by atoms with Gasteiger partial charge < -0.3 is 10.2 Å². The molecule has 0 radical (unpaired) electrons. The fourth-order valence-electron chi connectivity index (χ4n) is 1.81.